The van der Waals surface area contributed by atoms with Gasteiger partial charge in [-0.05, 0) is 24.5 Å². The highest BCUT2D eigenvalue weighted by Crippen LogP contribution is 2.34. The van der Waals surface area contributed by atoms with Gasteiger partial charge in [-0.25, -0.2) is 0 Å². The number of nitrogen functional groups attached to an aromatic ring is 2. The average Bonchev–Trinajstić information content (AvgIpc) is 2.20. The zero-order valence-corrected chi connectivity index (χ0v) is 10.4. The van der Waals surface area contributed by atoms with E-state index >= 15 is 0 Å². The van der Waals surface area contributed by atoms with Crippen LogP contribution in [-0.2, 0) is 0 Å². The smallest absolute Gasteiger partial charge is 0.145 e. The molecular formula is C13H22N2O. The third-order valence-electron chi connectivity index (χ3n) is 2.54. The lowest BCUT2D eigenvalue weighted by molar-refractivity contribution is 0.307. The van der Waals surface area contributed by atoms with Gasteiger partial charge in [-0.1, -0.05) is 27.2 Å². The summed E-state index contributed by atoms with van der Waals surface area (Å²) >= 11 is 0. The molecule has 0 spiro atoms. The number of hydrogen-bond donors (Lipinski definition) is 2. The first-order chi connectivity index (χ1) is 7.56. The Bertz CT molecular complexity index is 348. The molecule has 4 N–H and O–H groups in total. The summed E-state index contributed by atoms with van der Waals surface area (Å²) in [7, 11) is 0. The molecule has 0 fully saturated rings. The maximum atomic E-state index is 5.94. The van der Waals surface area contributed by atoms with Crippen LogP contribution in [0.1, 0.15) is 45.1 Å². The third kappa shape index (κ3) is 3.05. The molecule has 0 aliphatic heterocycles. The number of anilines is 2. The van der Waals surface area contributed by atoms with Gasteiger partial charge >= 0.3 is 0 Å². The number of nitrogens with two attached hydrogens (primary N) is 2. The number of ether oxygens (including phenoxy) is 1. The number of unbranched alkanes of at least 4 members (excludes halogenated alkanes) is 1. The highest BCUT2D eigenvalue weighted by atomic mass is 16.5. The summed E-state index contributed by atoms with van der Waals surface area (Å²) in [5.74, 6) is 1.17. The highest BCUT2D eigenvalue weighted by molar-refractivity contribution is 5.65. The molecule has 0 aliphatic carbocycles. The zero-order chi connectivity index (χ0) is 12.1. The molecule has 0 saturated carbocycles. The van der Waals surface area contributed by atoms with Crippen LogP contribution in [-0.4, -0.2) is 6.61 Å². The van der Waals surface area contributed by atoms with Crippen molar-refractivity contribution in [1.29, 1.82) is 0 Å². The molecule has 1 aromatic carbocycles. The second-order valence-corrected chi connectivity index (χ2v) is 4.39. The molecule has 0 atom stereocenters. The zero-order valence-electron chi connectivity index (χ0n) is 10.4. The van der Waals surface area contributed by atoms with E-state index in [0.717, 1.165) is 24.2 Å². The summed E-state index contributed by atoms with van der Waals surface area (Å²) in [6, 6.07) is 3.70. The van der Waals surface area contributed by atoms with Gasteiger partial charge in [-0.15, -0.1) is 0 Å². The Hall–Kier alpha value is -1.38. The monoisotopic (exact) mass is 222 g/mol. The predicted molar refractivity (Wildman–Crippen MR) is 69.8 cm³/mol. The van der Waals surface area contributed by atoms with Crippen LogP contribution >= 0.6 is 0 Å². The summed E-state index contributed by atoms with van der Waals surface area (Å²) < 4.78 is 5.74. The summed E-state index contributed by atoms with van der Waals surface area (Å²) in [5.41, 5.74) is 14.2. The van der Waals surface area contributed by atoms with Crippen LogP contribution in [0.5, 0.6) is 5.75 Å². The third-order valence-corrected chi connectivity index (χ3v) is 2.54. The molecule has 0 unspecified atom stereocenters. The number of benzene rings is 1. The van der Waals surface area contributed by atoms with Crippen molar-refractivity contribution in [2.75, 3.05) is 18.1 Å². The van der Waals surface area contributed by atoms with Crippen LogP contribution < -0.4 is 16.2 Å². The maximum Gasteiger partial charge on any atom is 0.145 e. The van der Waals surface area contributed by atoms with E-state index in [4.69, 9.17) is 16.2 Å². The minimum absolute atomic E-state index is 0.363. The van der Waals surface area contributed by atoms with Gasteiger partial charge in [-0.2, -0.15) is 0 Å². The molecule has 3 heteroatoms. The van der Waals surface area contributed by atoms with Gasteiger partial charge in [0, 0.05) is 11.3 Å². The van der Waals surface area contributed by atoms with Crippen LogP contribution in [0.2, 0.25) is 0 Å². The van der Waals surface area contributed by atoms with Crippen LogP contribution in [0.4, 0.5) is 11.4 Å². The van der Waals surface area contributed by atoms with E-state index in [1.807, 2.05) is 6.07 Å². The van der Waals surface area contributed by atoms with E-state index < -0.39 is 0 Å². The lowest BCUT2D eigenvalue weighted by Gasteiger charge is -2.17. The largest absolute Gasteiger partial charge is 0.491 e. The van der Waals surface area contributed by atoms with Crippen molar-refractivity contribution < 1.29 is 4.74 Å². The molecule has 0 saturated heterocycles. The Balaban J connectivity index is 2.95. The Morgan fingerprint density at radius 3 is 2.50 bits per heavy atom. The fourth-order valence-electron chi connectivity index (χ4n) is 1.61. The van der Waals surface area contributed by atoms with Crippen LogP contribution in [0.15, 0.2) is 12.1 Å². The molecule has 3 nitrogen and oxygen atoms in total. The lowest BCUT2D eigenvalue weighted by atomic mass is 10.0. The van der Waals surface area contributed by atoms with Gasteiger partial charge < -0.3 is 16.2 Å². The molecule has 1 aromatic rings. The molecule has 0 aliphatic rings. The Morgan fingerprint density at radius 1 is 1.25 bits per heavy atom. The maximum absolute atomic E-state index is 5.94. The highest BCUT2D eigenvalue weighted by Gasteiger charge is 2.12. The van der Waals surface area contributed by atoms with Crippen molar-refractivity contribution in [3.05, 3.63) is 17.7 Å². The van der Waals surface area contributed by atoms with Gasteiger partial charge in [-0.3, -0.25) is 0 Å². The van der Waals surface area contributed by atoms with Gasteiger partial charge in [0.25, 0.3) is 0 Å². The first kappa shape index (κ1) is 12.7. The number of rotatable bonds is 5. The Labute approximate surface area is 97.8 Å². The van der Waals surface area contributed by atoms with Crippen molar-refractivity contribution in [3.63, 3.8) is 0 Å². The number of hydrogen-bond acceptors (Lipinski definition) is 3. The van der Waals surface area contributed by atoms with E-state index in [-0.39, 0.29) is 0 Å². The van der Waals surface area contributed by atoms with E-state index in [0.29, 0.717) is 23.9 Å². The molecular weight excluding hydrogens is 200 g/mol. The van der Waals surface area contributed by atoms with Crippen molar-refractivity contribution >= 4 is 11.4 Å². The van der Waals surface area contributed by atoms with Crippen molar-refractivity contribution in [2.24, 2.45) is 0 Å². The summed E-state index contributed by atoms with van der Waals surface area (Å²) in [5, 5.41) is 0. The van der Waals surface area contributed by atoms with E-state index in [9.17, 15) is 0 Å². The van der Waals surface area contributed by atoms with Crippen molar-refractivity contribution in [2.45, 2.75) is 39.5 Å². The topological polar surface area (TPSA) is 61.3 Å². The van der Waals surface area contributed by atoms with E-state index in [2.05, 4.69) is 20.8 Å². The van der Waals surface area contributed by atoms with Gasteiger partial charge in [0.1, 0.15) is 5.75 Å². The summed E-state index contributed by atoms with van der Waals surface area (Å²) in [4.78, 5) is 0. The molecule has 0 radical (unpaired) electrons. The second-order valence-electron chi connectivity index (χ2n) is 4.39. The predicted octanol–water partition coefficient (Wildman–Crippen LogP) is 3.15. The second kappa shape index (κ2) is 5.64. The minimum atomic E-state index is 0.363. The summed E-state index contributed by atoms with van der Waals surface area (Å²) in [6.07, 6.45) is 2.16. The molecule has 1 rings (SSSR count). The molecule has 0 bridgehead atoms. The fourth-order valence-corrected chi connectivity index (χ4v) is 1.61. The normalized spacial score (nSPS) is 10.8. The van der Waals surface area contributed by atoms with Crippen LogP contribution in [0.3, 0.4) is 0 Å². The molecule has 0 heterocycles. The SMILES string of the molecule is CCCCOc1c(N)cc(N)cc1C(C)C. The van der Waals surface area contributed by atoms with Crippen molar-refractivity contribution in [3.8, 4) is 5.75 Å². The Kier molecular flexibility index (Phi) is 4.47. The van der Waals surface area contributed by atoms with Gasteiger partial charge in [0.2, 0.25) is 0 Å². The summed E-state index contributed by atoms with van der Waals surface area (Å²) in [6.45, 7) is 7.07. The standard InChI is InChI=1S/C13H22N2O/c1-4-5-6-16-13-11(9(2)3)7-10(14)8-12(13)15/h7-9H,4-6,14-15H2,1-3H3. The van der Waals surface area contributed by atoms with Crippen LogP contribution in [0, 0.1) is 0 Å². The van der Waals surface area contributed by atoms with E-state index in [1.165, 1.54) is 0 Å². The quantitative estimate of drug-likeness (QED) is 0.594. The first-order valence-electron chi connectivity index (χ1n) is 5.88. The van der Waals surface area contributed by atoms with Crippen LogP contribution in [0.25, 0.3) is 0 Å². The molecule has 90 valence electrons. The Morgan fingerprint density at radius 2 is 1.94 bits per heavy atom. The first-order valence-corrected chi connectivity index (χ1v) is 5.88. The molecule has 16 heavy (non-hydrogen) atoms. The fraction of sp³-hybridized carbons (Fsp3) is 0.538. The van der Waals surface area contributed by atoms with Gasteiger partial charge in [0.05, 0.1) is 12.3 Å². The van der Waals surface area contributed by atoms with Gasteiger partial charge in [0.15, 0.2) is 0 Å². The minimum Gasteiger partial charge on any atom is -0.491 e. The molecule has 0 aromatic heterocycles. The molecule has 0 amide bonds. The average molecular weight is 222 g/mol. The van der Waals surface area contributed by atoms with Crippen molar-refractivity contribution in [1.82, 2.24) is 0 Å². The lowest BCUT2D eigenvalue weighted by Crippen LogP contribution is -2.05. The van der Waals surface area contributed by atoms with E-state index in [1.54, 1.807) is 6.07 Å².